The average molecular weight is 304 g/mol. The molecule has 1 aliphatic carbocycles. The Morgan fingerprint density at radius 3 is 2.25 bits per heavy atom. The minimum atomic E-state index is -3.37. The van der Waals surface area contributed by atoms with E-state index in [-0.39, 0.29) is 6.04 Å². The molecule has 1 fully saturated rings. The highest BCUT2D eigenvalue weighted by atomic mass is 79.9. The third-order valence-corrected chi connectivity index (χ3v) is 6.23. The molecule has 1 aliphatic rings. The van der Waals surface area contributed by atoms with Crippen LogP contribution in [0.4, 0.5) is 0 Å². The molecule has 0 aliphatic heterocycles. The molecule has 1 aromatic carbocycles. The van der Waals surface area contributed by atoms with Crippen molar-refractivity contribution in [1.29, 1.82) is 0 Å². The van der Waals surface area contributed by atoms with Crippen molar-refractivity contribution in [3.8, 4) is 0 Å². The van der Waals surface area contributed by atoms with Gasteiger partial charge in [0.1, 0.15) is 0 Å². The highest BCUT2D eigenvalue weighted by Crippen LogP contribution is 2.30. The van der Waals surface area contributed by atoms with Crippen molar-refractivity contribution >= 4 is 26.2 Å². The van der Waals surface area contributed by atoms with Gasteiger partial charge in [0.2, 0.25) is 0 Å². The molecule has 0 saturated heterocycles. The van der Waals surface area contributed by atoms with E-state index in [0.717, 1.165) is 25.7 Å². The van der Waals surface area contributed by atoms with Crippen molar-refractivity contribution in [3.63, 3.8) is 0 Å². The second kappa shape index (κ2) is 4.85. The van der Waals surface area contributed by atoms with Gasteiger partial charge in [-0.3, -0.25) is 0 Å². The molecule has 0 amide bonds. The van der Waals surface area contributed by atoms with E-state index >= 15 is 0 Å². The van der Waals surface area contributed by atoms with Gasteiger partial charge in [-0.2, -0.15) is 0 Å². The monoisotopic (exact) mass is 303 g/mol. The number of hydrogen-bond acceptors (Lipinski definition) is 2. The molecule has 0 spiro atoms. The van der Waals surface area contributed by atoms with Crippen LogP contribution < -0.4 is 0 Å². The van der Waals surface area contributed by atoms with Crippen molar-refractivity contribution in [3.05, 3.63) is 30.3 Å². The summed E-state index contributed by atoms with van der Waals surface area (Å²) in [5, 5.41) is 0. The molecule has 1 saturated carbocycles. The van der Waals surface area contributed by atoms with E-state index in [1.807, 2.05) is 6.07 Å². The van der Waals surface area contributed by atoms with Crippen LogP contribution in [0.1, 0.15) is 25.7 Å². The Morgan fingerprint density at radius 2 is 1.69 bits per heavy atom. The molecule has 0 atom stereocenters. The lowest BCUT2D eigenvalue weighted by Crippen LogP contribution is -2.30. The molecule has 1 aromatic rings. The first-order chi connectivity index (χ1) is 7.62. The van der Waals surface area contributed by atoms with Crippen molar-refractivity contribution in [2.75, 3.05) is 0 Å². The third kappa shape index (κ3) is 2.31. The molecule has 0 unspecified atom stereocenters. The van der Waals surface area contributed by atoms with Crippen LogP contribution in [0.2, 0.25) is 0 Å². The van der Waals surface area contributed by atoms with Gasteiger partial charge in [0.15, 0.2) is 0 Å². The number of halogens is 1. The topological polar surface area (TPSA) is 37.4 Å². The van der Waals surface area contributed by atoms with Gasteiger partial charge in [-0.15, -0.1) is 3.33 Å². The molecule has 0 bridgehead atoms. The number of rotatable bonds is 3. The summed E-state index contributed by atoms with van der Waals surface area (Å²) >= 11 is 3.21. The summed E-state index contributed by atoms with van der Waals surface area (Å²) in [6.45, 7) is 0. The lowest BCUT2D eigenvalue weighted by atomic mass is 10.3. The van der Waals surface area contributed by atoms with E-state index in [0.29, 0.717) is 4.90 Å². The van der Waals surface area contributed by atoms with Crippen LogP contribution in [0.25, 0.3) is 0 Å². The first kappa shape index (κ1) is 12.1. The van der Waals surface area contributed by atoms with Gasteiger partial charge in [-0.05, 0) is 25.0 Å². The lowest BCUT2D eigenvalue weighted by molar-refractivity contribution is 0.472. The zero-order valence-corrected chi connectivity index (χ0v) is 11.2. The van der Waals surface area contributed by atoms with E-state index < -0.39 is 10.0 Å². The van der Waals surface area contributed by atoms with Gasteiger partial charge in [0, 0.05) is 22.2 Å². The first-order valence-corrected chi connectivity index (χ1v) is 7.52. The van der Waals surface area contributed by atoms with E-state index in [1.54, 1.807) is 24.3 Å². The standard InChI is InChI=1S/C11H14BrNO2S/c12-13(10-6-4-5-7-10)16(14,15)11-8-2-1-3-9-11/h1-3,8-10H,4-7H2. The summed E-state index contributed by atoms with van der Waals surface area (Å²) in [5.74, 6) is 0. The fourth-order valence-corrected chi connectivity index (χ4v) is 4.21. The highest BCUT2D eigenvalue weighted by Gasteiger charge is 2.31. The Labute approximate surface area is 105 Å². The maximum atomic E-state index is 12.2. The SMILES string of the molecule is O=S(=O)(c1ccccc1)N(Br)C1CCCC1. The van der Waals surface area contributed by atoms with E-state index in [2.05, 4.69) is 16.1 Å². The highest BCUT2D eigenvalue weighted by molar-refractivity contribution is 9.08. The summed E-state index contributed by atoms with van der Waals surface area (Å²) < 4.78 is 25.7. The van der Waals surface area contributed by atoms with E-state index in [9.17, 15) is 8.42 Å². The van der Waals surface area contributed by atoms with Crippen LogP contribution in [0.5, 0.6) is 0 Å². The second-order valence-corrected chi connectivity index (χ2v) is 7.05. The van der Waals surface area contributed by atoms with Gasteiger partial charge in [0.25, 0.3) is 10.0 Å². The Bertz CT molecular complexity index is 440. The smallest absolute Gasteiger partial charge is 0.206 e. The average Bonchev–Trinajstić information content (AvgIpc) is 2.82. The zero-order chi connectivity index (χ0) is 11.6. The Balaban J connectivity index is 2.25. The molecular weight excluding hydrogens is 290 g/mol. The molecule has 5 heteroatoms. The second-order valence-electron chi connectivity index (χ2n) is 4.00. The van der Waals surface area contributed by atoms with Gasteiger partial charge in [-0.25, -0.2) is 8.42 Å². The van der Waals surface area contributed by atoms with Gasteiger partial charge >= 0.3 is 0 Å². The summed E-state index contributed by atoms with van der Waals surface area (Å²) in [5.41, 5.74) is 0. The molecule has 0 radical (unpaired) electrons. The first-order valence-electron chi connectivity index (χ1n) is 5.37. The van der Waals surface area contributed by atoms with E-state index in [4.69, 9.17) is 0 Å². The summed E-state index contributed by atoms with van der Waals surface area (Å²) in [6, 6.07) is 8.64. The van der Waals surface area contributed by atoms with Gasteiger partial charge in [0.05, 0.1) is 4.90 Å². The zero-order valence-electron chi connectivity index (χ0n) is 8.84. The van der Waals surface area contributed by atoms with Crippen LogP contribution >= 0.6 is 16.1 Å². The molecule has 3 nitrogen and oxygen atoms in total. The van der Waals surface area contributed by atoms with Crippen molar-refractivity contribution < 1.29 is 8.42 Å². The normalized spacial score (nSPS) is 18.1. The molecule has 0 heterocycles. The van der Waals surface area contributed by atoms with Gasteiger partial charge in [-0.1, -0.05) is 31.0 Å². The van der Waals surface area contributed by atoms with Crippen molar-refractivity contribution in [2.45, 2.75) is 36.6 Å². The minimum Gasteiger partial charge on any atom is -0.206 e. The minimum absolute atomic E-state index is 0.102. The largest absolute Gasteiger partial charge is 0.252 e. The quantitative estimate of drug-likeness (QED) is 0.805. The Morgan fingerprint density at radius 1 is 1.12 bits per heavy atom. The predicted octanol–water partition coefficient (Wildman–Crippen LogP) is 2.93. The fourth-order valence-electron chi connectivity index (χ4n) is 2.00. The number of sulfonamides is 1. The molecule has 0 aromatic heterocycles. The molecule has 88 valence electrons. The molecule has 2 rings (SSSR count). The Kier molecular flexibility index (Phi) is 3.66. The maximum Gasteiger partial charge on any atom is 0.252 e. The van der Waals surface area contributed by atoms with Crippen LogP contribution in [-0.2, 0) is 10.0 Å². The molecular formula is C11H14BrNO2S. The van der Waals surface area contributed by atoms with Gasteiger partial charge < -0.3 is 0 Å². The number of benzene rings is 1. The Hall–Kier alpha value is -0.390. The fraction of sp³-hybridized carbons (Fsp3) is 0.455. The van der Waals surface area contributed by atoms with Crippen LogP contribution in [0.15, 0.2) is 35.2 Å². The van der Waals surface area contributed by atoms with Crippen molar-refractivity contribution in [2.24, 2.45) is 0 Å². The summed E-state index contributed by atoms with van der Waals surface area (Å²) in [6.07, 6.45) is 4.10. The number of hydrogen-bond donors (Lipinski definition) is 0. The number of nitrogens with zero attached hydrogens (tertiary/aromatic N) is 1. The van der Waals surface area contributed by atoms with Crippen LogP contribution in [-0.4, -0.2) is 17.8 Å². The molecule has 16 heavy (non-hydrogen) atoms. The van der Waals surface area contributed by atoms with Crippen LogP contribution in [0, 0.1) is 0 Å². The van der Waals surface area contributed by atoms with Crippen LogP contribution in [0.3, 0.4) is 0 Å². The summed E-state index contributed by atoms with van der Waals surface area (Å²) in [4.78, 5) is 0.346. The predicted molar refractivity (Wildman–Crippen MR) is 66.6 cm³/mol. The summed E-state index contributed by atoms with van der Waals surface area (Å²) in [7, 11) is -3.37. The molecule has 0 N–H and O–H groups in total. The maximum absolute atomic E-state index is 12.2. The van der Waals surface area contributed by atoms with E-state index in [1.165, 1.54) is 3.33 Å². The lowest BCUT2D eigenvalue weighted by Gasteiger charge is -2.20. The third-order valence-electron chi connectivity index (χ3n) is 2.88. The van der Waals surface area contributed by atoms with Crippen molar-refractivity contribution in [1.82, 2.24) is 3.33 Å².